The number of benzene rings is 2. The molecule has 0 saturated carbocycles. The molecule has 5 heteroatoms. The number of hydrogen-bond acceptors (Lipinski definition) is 2. The minimum absolute atomic E-state index is 0.176. The summed E-state index contributed by atoms with van der Waals surface area (Å²) in [4.78, 5) is 11.3. The monoisotopic (exact) mass is 310 g/mol. The molecule has 0 aliphatic rings. The van der Waals surface area contributed by atoms with E-state index in [1.54, 1.807) is 30.3 Å². The molecule has 0 atom stereocenters. The second-order valence-electron chi connectivity index (χ2n) is 4.05. The van der Waals surface area contributed by atoms with Crippen LogP contribution < -0.4 is 4.74 Å². The van der Waals surface area contributed by atoms with Crippen molar-refractivity contribution >= 4 is 29.2 Å². The Bertz CT molecular complexity index is 654. The van der Waals surface area contributed by atoms with Crippen molar-refractivity contribution in [2.75, 3.05) is 6.61 Å². The van der Waals surface area contributed by atoms with E-state index in [2.05, 4.69) is 0 Å². The molecule has 0 radical (unpaired) electrons. The molecule has 0 aromatic heterocycles. The quantitative estimate of drug-likeness (QED) is 0.885. The zero-order valence-corrected chi connectivity index (χ0v) is 12.2. The molecule has 0 fully saturated rings. The second kappa shape index (κ2) is 6.16. The van der Waals surface area contributed by atoms with Crippen LogP contribution in [-0.2, 0) is 0 Å². The van der Waals surface area contributed by atoms with Gasteiger partial charge in [0.25, 0.3) is 0 Å². The highest BCUT2D eigenvalue weighted by Gasteiger charge is 2.15. The van der Waals surface area contributed by atoms with Gasteiger partial charge in [0.05, 0.1) is 22.2 Å². The average molecular weight is 311 g/mol. The lowest BCUT2D eigenvalue weighted by molar-refractivity contribution is 0.0697. The molecule has 0 bridgehead atoms. The van der Waals surface area contributed by atoms with E-state index < -0.39 is 5.97 Å². The summed E-state index contributed by atoms with van der Waals surface area (Å²) in [5.41, 5.74) is 1.27. The Morgan fingerprint density at radius 3 is 2.50 bits per heavy atom. The number of ether oxygens (including phenoxy) is 1. The number of carbonyl (C=O) groups is 1. The lowest BCUT2D eigenvalue weighted by Gasteiger charge is -2.12. The normalized spacial score (nSPS) is 10.3. The first-order valence-corrected chi connectivity index (χ1v) is 6.74. The topological polar surface area (TPSA) is 46.5 Å². The molecule has 3 nitrogen and oxygen atoms in total. The Balaban J connectivity index is 2.59. The van der Waals surface area contributed by atoms with Crippen LogP contribution in [0.3, 0.4) is 0 Å². The Morgan fingerprint density at radius 2 is 1.85 bits per heavy atom. The molecule has 0 aliphatic carbocycles. The summed E-state index contributed by atoms with van der Waals surface area (Å²) in [5.74, 6) is -0.530. The minimum atomic E-state index is -1.01. The van der Waals surface area contributed by atoms with Gasteiger partial charge >= 0.3 is 5.97 Å². The maximum atomic E-state index is 11.3. The highest BCUT2D eigenvalue weighted by molar-refractivity contribution is 6.36. The van der Waals surface area contributed by atoms with Crippen LogP contribution in [0.15, 0.2) is 36.4 Å². The number of rotatable bonds is 4. The molecule has 0 saturated heterocycles. The van der Waals surface area contributed by atoms with Crippen LogP contribution in [-0.4, -0.2) is 17.7 Å². The number of aromatic carboxylic acids is 1. The van der Waals surface area contributed by atoms with E-state index >= 15 is 0 Å². The smallest absolute Gasteiger partial charge is 0.336 e. The van der Waals surface area contributed by atoms with Crippen LogP contribution >= 0.6 is 23.2 Å². The van der Waals surface area contributed by atoms with Gasteiger partial charge in [-0.05, 0) is 24.6 Å². The van der Waals surface area contributed by atoms with E-state index in [0.29, 0.717) is 33.5 Å². The number of carboxylic acid groups (broad SMARTS) is 1. The van der Waals surface area contributed by atoms with Crippen molar-refractivity contribution in [2.24, 2.45) is 0 Å². The van der Waals surface area contributed by atoms with Crippen LogP contribution in [0.2, 0.25) is 10.0 Å². The fourth-order valence-corrected chi connectivity index (χ4v) is 2.38. The van der Waals surface area contributed by atoms with Crippen molar-refractivity contribution in [3.8, 4) is 16.9 Å². The van der Waals surface area contributed by atoms with Crippen molar-refractivity contribution in [3.63, 3.8) is 0 Å². The third-order valence-corrected chi connectivity index (χ3v) is 3.38. The largest absolute Gasteiger partial charge is 0.492 e. The zero-order chi connectivity index (χ0) is 14.7. The first-order chi connectivity index (χ1) is 9.54. The average Bonchev–Trinajstić information content (AvgIpc) is 2.42. The van der Waals surface area contributed by atoms with E-state index in [4.69, 9.17) is 27.9 Å². The highest BCUT2D eigenvalue weighted by Crippen LogP contribution is 2.38. The standard InChI is InChI=1S/C15H12Cl2O3/c1-2-20-14-8-12(16)11(7-13(14)17)9-5-3-4-6-10(9)15(18)19/h3-8H,2H2,1H3,(H,18,19). The van der Waals surface area contributed by atoms with Gasteiger partial charge in [0.2, 0.25) is 0 Å². The molecular weight excluding hydrogens is 299 g/mol. The van der Waals surface area contributed by atoms with Gasteiger partial charge in [0.15, 0.2) is 0 Å². The predicted molar refractivity (Wildman–Crippen MR) is 80.0 cm³/mol. The maximum absolute atomic E-state index is 11.3. The third kappa shape index (κ3) is 2.89. The summed E-state index contributed by atoms with van der Waals surface area (Å²) in [7, 11) is 0. The van der Waals surface area contributed by atoms with Crippen LogP contribution in [0.5, 0.6) is 5.75 Å². The van der Waals surface area contributed by atoms with Gasteiger partial charge in [0, 0.05) is 11.6 Å². The lowest BCUT2D eigenvalue weighted by Crippen LogP contribution is -2.00. The van der Waals surface area contributed by atoms with Gasteiger partial charge in [-0.1, -0.05) is 41.4 Å². The molecule has 2 aromatic rings. The van der Waals surface area contributed by atoms with Gasteiger partial charge in [0.1, 0.15) is 5.75 Å². The van der Waals surface area contributed by atoms with Gasteiger partial charge in [-0.25, -0.2) is 4.79 Å². The molecule has 2 aromatic carbocycles. The Hall–Kier alpha value is -1.71. The number of halogens is 2. The summed E-state index contributed by atoms with van der Waals surface area (Å²) >= 11 is 12.3. The molecule has 2 rings (SSSR count). The van der Waals surface area contributed by atoms with E-state index in [1.165, 1.54) is 6.07 Å². The van der Waals surface area contributed by atoms with Crippen molar-refractivity contribution in [3.05, 3.63) is 52.0 Å². The van der Waals surface area contributed by atoms with Crippen molar-refractivity contribution in [2.45, 2.75) is 6.92 Å². The Morgan fingerprint density at radius 1 is 1.15 bits per heavy atom. The minimum Gasteiger partial charge on any atom is -0.492 e. The van der Waals surface area contributed by atoms with Crippen molar-refractivity contribution in [1.29, 1.82) is 0 Å². The molecule has 0 amide bonds. The Kier molecular flexibility index (Phi) is 4.53. The lowest BCUT2D eigenvalue weighted by atomic mass is 9.99. The van der Waals surface area contributed by atoms with Gasteiger partial charge in [-0.3, -0.25) is 0 Å². The fourth-order valence-electron chi connectivity index (χ4n) is 1.91. The second-order valence-corrected chi connectivity index (χ2v) is 4.86. The van der Waals surface area contributed by atoms with Gasteiger partial charge < -0.3 is 9.84 Å². The first-order valence-electron chi connectivity index (χ1n) is 5.99. The van der Waals surface area contributed by atoms with E-state index in [1.807, 2.05) is 6.92 Å². The molecule has 0 unspecified atom stereocenters. The summed E-state index contributed by atoms with van der Waals surface area (Å²) in [6.07, 6.45) is 0. The van der Waals surface area contributed by atoms with Crippen LogP contribution in [0, 0.1) is 0 Å². The number of hydrogen-bond donors (Lipinski definition) is 1. The third-order valence-electron chi connectivity index (χ3n) is 2.77. The van der Waals surface area contributed by atoms with Crippen LogP contribution in [0.4, 0.5) is 0 Å². The number of carboxylic acids is 1. The van der Waals surface area contributed by atoms with E-state index in [0.717, 1.165) is 0 Å². The summed E-state index contributed by atoms with van der Waals surface area (Å²) in [5, 5.41) is 10.0. The van der Waals surface area contributed by atoms with Crippen molar-refractivity contribution < 1.29 is 14.6 Å². The maximum Gasteiger partial charge on any atom is 0.336 e. The molecule has 104 valence electrons. The SMILES string of the molecule is CCOc1cc(Cl)c(-c2ccccc2C(=O)O)cc1Cl. The molecular formula is C15H12Cl2O3. The van der Waals surface area contributed by atoms with Crippen molar-refractivity contribution in [1.82, 2.24) is 0 Å². The first kappa shape index (κ1) is 14.7. The van der Waals surface area contributed by atoms with E-state index in [9.17, 15) is 9.90 Å². The van der Waals surface area contributed by atoms with Gasteiger partial charge in [-0.2, -0.15) is 0 Å². The zero-order valence-electron chi connectivity index (χ0n) is 10.7. The Labute approximate surface area is 126 Å². The van der Waals surface area contributed by atoms with Gasteiger partial charge in [-0.15, -0.1) is 0 Å². The molecule has 1 N–H and O–H groups in total. The molecule has 0 spiro atoms. The summed E-state index contributed by atoms with van der Waals surface area (Å²) in [6, 6.07) is 9.86. The molecule has 0 aliphatic heterocycles. The van der Waals surface area contributed by atoms with Crippen LogP contribution in [0.1, 0.15) is 17.3 Å². The highest BCUT2D eigenvalue weighted by atomic mass is 35.5. The summed E-state index contributed by atoms with van der Waals surface area (Å²) < 4.78 is 5.35. The summed E-state index contributed by atoms with van der Waals surface area (Å²) in [6.45, 7) is 2.32. The molecule has 20 heavy (non-hydrogen) atoms. The molecule has 0 heterocycles. The van der Waals surface area contributed by atoms with E-state index in [-0.39, 0.29) is 5.56 Å². The van der Waals surface area contributed by atoms with Crippen LogP contribution in [0.25, 0.3) is 11.1 Å². The predicted octanol–water partition coefficient (Wildman–Crippen LogP) is 4.76. The fraction of sp³-hybridized carbons (Fsp3) is 0.133.